The zero-order chi connectivity index (χ0) is 17.3. The minimum atomic E-state index is -0.358. The van der Waals surface area contributed by atoms with Crippen molar-refractivity contribution in [3.05, 3.63) is 55.4 Å². The Balaban J connectivity index is 1.79. The van der Waals surface area contributed by atoms with E-state index in [9.17, 15) is 14.9 Å². The van der Waals surface area contributed by atoms with E-state index >= 15 is 0 Å². The van der Waals surface area contributed by atoms with Crippen LogP contribution in [0.15, 0.2) is 39.7 Å². The minimum absolute atomic E-state index is 0.113. The van der Waals surface area contributed by atoms with Crippen LogP contribution < -0.4 is 15.4 Å². The third-order valence-corrected chi connectivity index (χ3v) is 4.84. The van der Waals surface area contributed by atoms with Crippen molar-refractivity contribution >= 4 is 33.0 Å². The first-order valence-electron chi connectivity index (χ1n) is 7.44. The van der Waals surface area contributed by atoms with Crippen molar-refractivity contribution < 1.29 is 4.92 Å². The topological polar surface area (TPSA) is 84.5 Å². The second-order valence-electron chi connectivity index (χ2n) is 5.49. The highest BCUT2D eigenvalue weighted by Crippen LogP contribution is 2.30. The Bertz CT molecular complexity index is 830. The molecule has 2 heterocycles. The zero-order valence-corrected chi connectivity index (χ0v) is 14.6. The summed E-state index contributed by atoms with van der Waals surface area (Å²) < 4.78 is 1.76. The number of nitro benzene ring substituents is 1. The van der Waals surface area contributed by atoms with Crippen LogP contribution in [-0.4, -0.2) is 40.9 Å². The summed E-state index contributed by atoms with van der Waals surface area (Å²) in [4.78, 5) is 26.9. The number of hydrogen-bond donors (Lipinski definition) is 0. The largest absolute Gasteiger partial charge is 0.366 e. The van der Waals surface area contributed by atoms with Gasteiger partial charge in [0.2, 0.25) is 0 Å². The van der Waals surface area contributed by atoms with Crippen LogP contribution in [0.4, 0.5) is 17.1 Å². The Morgan fingerprint density at radius 2 is 1.71 bits per heavy atom. The standard InChI is InChI=1S/C15H16BrN5O3/c1-18-15(22)14(16)13(10-17-18)20-8-6-19(7-9-20)11-4-2-3-5-12(11)21(23)24/h2-5,10H,6-9H2,1H3. The smallest absolute Gasteiger partial charge is 0.292 e. The first-order valence-corrected chi connectivity index (χ1v) is 8.23. The van der Waals surface area contributed by atoms with Gasteiger partial charge >= 0.3 is 0 Å². The molecule has 0 radical (unpaired) electrons. The Kier molecular flexibility index (Phi) is 4.52. The molecule has 3 rings (SSSR count). The van der Waals surface area contributed by atoms with Gasteiger partial charge in [-0.3, -0.25) is 14.9 Å². The number of piperazine rings is 1. The van der Waals surface area contributed by atoms with Crippen LogP contribution in [0.2, 0.25) is 0 Å². The quantitative estimate of drug-likeness (QED) is 0.583. The summed E-state index contributed by atoms with van der Waals surface area (Å²) in [6, 6.07) is 6.75. The number of nitrogens with zero attached hydrogens (tertiary/aromatic N) is 5. The van der Waals surface area contributed by atoms with E-state index in [1.54, 1.807) is 31.4 Å². The van der Waals surface area contributed by atoms with Crippen LogP contribution in [0.3, 0.4) is 0 Å². The maximum atomic E-state index is 12.0. The van der Waals surface area contributed by atoms with Gasteiger partial charge in [-0.2, -0.15) is 5.10 Å². The molecule has 126 valence electrons. The van der Waals surface area contributed by atoms with Crippen LogP contribution in [0.5, 0.6) is 0 Å². The molecule has 0 spiro atoms. The van der Waals surface area contributed by atoms with Crippen molar-refractivity contribution in [1.82, 2.24) is 9.78 Å². The molecule has 1 aromatic heterocycles. The highest BCUT2D eigenvalue weighted by atomic mass is 79.9. The summed E-state index contributed by atoms with van der Waals surface area (Å²) in [6.45, 7) is 2.57. The van der Waals surface area contributed by atoms with E-state index in [2.05, 4.69) is 25.9 Å². The second kappa shape index (κ2) is 6.60. The fourth-order valence-corrected chi connectivity index (χ4v) is 3.41. The molecule has 2 aromatic rings. The van der Waals surface area contributed by atoms with E-state index < -0.39 is 0 Å². The third-order valence-electron chi connectivity index (χ3n) is 4.10. The number of aromatic nitrogens is 2. The Hall–Kier alpha value is -2.42. The Morgan fingerprint density at radius 1 is 1.12 bits per heavy atom. The SMILES string of the molecule is Cn1ncc(N2CCN(c3ccccc3[N+](=O)[O-])CC2)c(Br)c1=O. The molecule has 1 saturated heterocycles. The van der Waals surface area contributed by atoms with Crippen molar-refractivity contribution in [2.45, 2.75) is 0 Å². The molecule has 0 atom stereocenters. The Labute approximate surface area is 146 Å². The summed E-state index contributed by atoms with van der Waals surface area (Å²) in [7, 11) is 1.60. The monoisotopic (exact) mass is 393 g/mol. The van der Waals surface area contributed by atoms with Gasteiger partial charge in [0.1, 0.15) is 10.2 Å². The highest BCUT2D eigenvalue weighted by molar-refractivity contribution is 9.10. The number of halogens is 1. The van der Waals surface area contributed by atoms with E-state index in [0.29, 0.717) is 36.3 Å². The van der Waals surface area contributed by atoms with Gasteiger partial charge < -0.3 is 9.80 Å². The number of para-hydroxylation sites is 2. The van der Waals surface area contributed by atoms with Crippen LogP contribution in [0.25, 0.3) is 0 Å². The van der Waals surface area contributed by atoms with Crippen molar-refractivity contribution in [3.63, 3.8) is 0 Å². The second-order valence-corrected chi connectivity index (χ2v) is 6.29. The maximum absolute atomic E-state index is 12.0. The first kappa shape index (κ1) is 16.4. The lowest BCUT2D eigenvalue weighted by Gasteiger charge is -2.37. The summed E-state index contributed by atoms with van der Waals surface area (Å²) in [5.74, 6) is 0. The third kappa shape index (κ3) is 2.99. The number of aryl methyl sites for hydroxylation is 1. The van der Waals surface area contributed by atoms with Crippen LogP contribution in [0.1, 0.15) is 0 Å². The van der Waals surface area contributed by atoms with Gasteiger partial charge in [0.05, 0.1) is 16.8 Å². The summed E-state index contributed by atoms with van der Waals surface area (Å²) in [5, 5.41) is 15.2. The summed E-state index contributed by atoms with van der Waals surface area (Å²) in [5.41, 5.74) is 1.31. The molecule has 1 fully saturated rings. The first-order chi connectivity index (χ1) is 11.5. The molecular weight excluding hydrogens is 378 g/mol. The maximum Gasteiger partial charge on any atom is 0.292 e. The number of benzene rings is 1. The lowest BCUT2D eigenvalue weighted by Crippen LogP contribution is -2.47. The highest BCUT2D eigenvalue weighted by Gasteiger charge is 2.24. The van der Waals surface area contributed by atoms with Gasteiger partial charge in [0, 0.05) is 39.3 Å². The summed E-state index contributed by atoms with van der Waals surface area (Å²) >= 11 is 3.34. The minimum Gasteiger partial charge on any atom is -0.366 e. The predicted molar refractivity (Wildman–Crippen MR) is 94.7 cm³/mol. The molecule has 0 saturated carbocycles. The molecular formula is C15H16BrN5O3. The fraction of sp³-hybridized carbons (Fsp3) is 0.333. The number of hydrogen-bond acceptors (Lipinski definition) is 6. The van der Waals surface area contributed by atoms with Crippen molar-refractivity contribution in [3.8, 4) is 0 Å². The molecule has 1 aliphatic rings. The van der Waals surface area contributed by atoms with E-state index in [1.807, 2.05) is 4.90 Å². The normalized spacial score (nSPS) is 14.8. The molecule has 0 N–H and O–H groups in total. The molecule has 24 heavy (non-hydrogen) atoms. The van der Waals surface area contributed by atoms with Crippen LogP contribution in [-0.2, 0) is 7.05 Å². The van der Waals surface area contributed by atoms with Gasteiger partial charge in [-0.25, -0.2) is 4.68 Å². The van der Waals surface area contributed by atoms with Crippen LogP contribution >= 0.6 is 15.9 Å². The number of anilines is 2. The molecule has 1 aromatic carbocycles. The molecule has 8 nitrogen and oxygen atoms in total. The summed E-state index contributed by atoms with van der Waals surface area (Å²) in [6.07, 6.45) is 1.66. The van der Waals surface area contributed by atoms with E-state index in [0.717, 1.165) is 5.69 Å². The van der Waals surface area contributed by atoms with Crippen molar-refractivity contribution in [2.75, 3.05) is 36.0 Å². The molecule has 0 amide bonds. The van der Waals surface area contributed by atoms with Gasteiger partial charge in [0.15, 0.2) is 0 Å². The zero-order valence-electron chi connectivity index (χ0n) is 13.1. The molecule has 9 heteroatoms. The van der Waals surface area contributed by atoms with E-state index in [4.69, 9.17) is 0 Å². The van der Waals surface area contributed by atoms with Gasteiger partial charge in [-0.1, -0.05) is 12.1 Å². The van der Waals surface area contributed by atoms with E-state index in [-0.39, 0.29) is 16.2 Å². The number of rotatable bonds is 3. The van der Waals surface area contributed by atoms with Gasteiger partial charge in [-0.15, -0.1) is 0 Å². The fourth-order valence-electron chi connectivity index (χ4n) is 2.80. The molecule has 1 aliphatic heterocycles. The molecule has 0 aliphatic carbocycles. The van der Waals surface area contributed by atoms with Crippen molar-refractivity contribution in [2.24, 2.45) is 7.05 Å². The van der Waals surface area contributed by atoms with E-state index in [1.165, 1.54) is 10.7 Å². The van der Waals surface area contributed by atoms with Crippen molar-refractivity contribution in [1.29, 1.82) is 0 Å². The van der Waals surface area contributed by atoms with Gasteiger partial charge in [-0.05, 0) is 22.0 Å². The average molecular weight is 394 g/mol. The van der Waals surface area contributed by atoms with Gasteiger partial charge in [0.25, 0.3) is 11.2 Å². The lowest BCUT2D eigenvalue weighted by molar-refractivity contribution is -0.384. The molecule has 0 bridgehead atoms. The molecule has 0 unspecified atom stereocenters. The predicted octanol–water partition coefficient (Wildman–Crippen LogP) is 1.78. The number of nitro groups is 1. The average Bonchev–Trinajstić information content (AvgIpc) is 2.60. The Morgan fingerprint density at radius 3 is 2.33 bits per heavy atom. The lowest BCUT2D eigenvalue weighted by atomic mass is 10.2. The van der Waals surface area contributed by atoms with Crippen LogP contribution in [0, 0.1) is 10.1 Å².